The largest absolute Gasteiger partial charge is 0.478 e. The zero-order valence-corrected chi connectivity index (χ0v) is 10.2. The molecule has 7 nitrogen and oxygen atoms in total. The lowest BCUT2D eigenvalue weighted by Crippen LogP contribution is -2.42. The normalized spacial score (nSPS) is 12.1. The van der Waals surface area contributed by atoms with Gasteiger partial charge >= 0.3 is 5.97 Å². The van der Waals surface area contributed by atoms with Crippen LogP contribution in [-0.2, 0) is 9.59 Å². The van der Waals surface area contributed by atoms with Crippen LogP contribution in [0.25, 0.3) is 6.08 Å². The van der Waals surface area contributed by atoms with Gasteiger partial charge in [0, 0.05) is 18.5 Å². The number of pyridine rings is 1. The first-order valence-electron chi connectivity index (χ1n) is 5.36. The van der Waals surface area contributed by atoms with E-state index in [0.717, 1.165) is 6.08 Å². The van der Waals surface area contributed by atoms with E-state index >= 15 is 0 Å². The average molecular weight is 263 g/mol. The fourth-order valence-corrected chi connectivity index (χ4v) is 1.19. The van der Waals surface area contributed by atoms with Gasteiger partial charge in [-0.05, 0) is 24.6 Å². The molecule has 4 N–H and O–H groups in total. The molecule has 1 heterocycles. The Morgan fingerprint density at radius 3 is 2.68 bits per heavy atom. The fraction of sp³-hybridized carbons (Fsp3) is 0.167. The molecule has 19 heavy (non-hydrogen) atoms. The summed E-state index contributed by atoms with van der Waals surface area (Å²) >= 11 is 0. The number of carbonyl (C=O) groups is 3. The standard InChI is InChI=1S/C12H13N3O4/c1-7(11(13)18)15-12(19)9-4-8(5-14-6-9)2-3-10(16)17/h2-7H,1H3,(H2,13,18)(H,15,19)(H,16,17)/b3-2+. The van der Waals surface area contributed by atoms with Crippen molar-refractivity contribution in [1.29, 1.82) is 0 Å². The molecule has 7 heteroatoms. The number of nitrogens with one attached hydrogen (secondary N) is 1. The predicted octanol–water partition coefficient (Wildman–Crippen LogP) is -0.217. The van der Waals surface area contributed by atoms with Crippen LogP contribution >= 0.6 is 0 Å². The van der Waals surface area contributed by atoms with Crippen molar-refractivity contribution in [1.82, 2.24) is 10.3 Å². The second-order valence-corrected chi connectivity index (χ2v) is 3.78. The molecule has 1 atom stereocenters. The van der Waals surface area contributed by atoms with E-state index in [1.54, 1.807) is 0 Å². The number of nitrogens with two attached hydrogens (primary N) is 1. The molecule has 0 aromatic carbocycles. The number of carbonyl (C=O) groups excluding carboxylic acids is 2. The molecule has 0 aliphatic rings. The maximum atomic E-state index is 11.8. The number of rotatable bonds is 5. The topological polar surface area (TPSA) is 122 Å². The molecule has 0 spiro atoms. The summed E-state index contributed by atoms with van der Waals surface area (Å²) in [5.41, 5.74) is 5.70. The third-order valence-corrected chi connectivity index (χ3v) is 2.21. The molecule has 1 aromatic heterocycles. The zero-order valence-electron chi connectivity index (χ0n) is 10.2. The highest BCUT2D eigenvalue weighted by Crippen LogP contribution is 2.05. The molecule has 1 unspecified atom stereocenters. The summed E-state index contributed by atoms with van der Waals surface area (Å²) in [6.45, 7) is 1.46. The van der Waals surface area contributed by atoms with Crippen molar-refractivity contribution in [3.63, 3.8) is 0 Å². The fourth-order valence-electron chi connectivity index (χ4n) is 1.19. The number of nitrogens with zero attached hydrogens (tertiary/aromatic N) is 1. The Morgan fingerprint density at radius 1 is 1.42 bits per heavy atom. The molecule has 1 aromatic rings. The maximum absolute atomic E-state index is 11.8. The van der Waals surface area contributed by atoms with Crippen LogP contribution in [0.15, 0.2) is 24.5 Å². The molecule has 1 rings (SSSR count). The molecule has 2 amide bonds. The molecule has 0 bridgehead atoms. The van der Waals surface area contributed by atoms with Gasteiger partial charge in [-0.3, -0.25) is 14.6 Å². The Labute approximate surface area is 109 Å². The quantitative estimate of drug-likeness (QED) is 0.634. The number of primary amides is 1. The van der Waals surface area contributed by atoms with Crippen LogP contribution in [0.2, 0.25) is 0 Å². The summed E-state index contributed by atoms with van der Waals surface area (Å²) in [4.78, 5) is 36.8. The summed E-state index contributed by atoms with van der Waals surface area (Å²) in [5, 5.41) is 10.9. The van der Waals surface area contributed by atoms with Crippen molar-refractivity contribution in [3.8, 4) is 0 Å². The Bertz CT molecular complexity index is 540. The molecule has 0 aliphatic heterocycles. The number of carboxylic acid groups (broad SMARTS) is 1. The third-order valence-electron chi connectivity index (χ3n) is 2.21. The highest BCUT2D eigenvalue weighted by Gasteiger charge is 2.13. The summed E-state index contributed by atoms with van der Waals surface area (Å²) in [6, 6.07) is 0.654. The number of amides is 2. The van der Waals surface area contributed by atoms with Gasteiger partial charge in [-0.2, -0.15) is 0 Å². The number of aliphatic carboxylic acids is 1. The SMILES string of the molecule is CC(NC(=O)c1cncc(/C=C/C(=O)O)c1)C(N)=O. The smallest absolute Gasteiger partial charge is 0.328 e. The zero-order chi connectivity index (χ0) is 14.4. The molecule has 0 saturated heterocycles. The second-order valence-electron chi connectivity index (χ2n) is 3.78. The van der Waals surface area contributed by atoms with E-state index in [9.17, 15) is 14.4 Å². The Morgan fingerprint density at radius 2 is 2.11 bits per heavy atom. The van der Waals surface area contributed by atoms with E-state index in [-0.39, 0.29) is 5.56 Å². The summed E-state index contributed by atoms with van der Waals surface area (Å²) < 4.78 is 0. The van der Waals surface area contributed by atoms with Gasteiger partial charge in [0.2, 0.25) is 5.91 Å². The van der Waals surface area contributed by atoms with Crippen LogP contribution in [0.4, 0.5) is 0 Å². The van der Waals surface area contributed by atoms with Gasteiger partial charge in [0.1, 0.15) is 6.04 Å². The van der Waals surface area contributed by atoms with Crippen LogP contribution in [0.1, 0.15) is 22.8 Å². The van der Waals surface area contributed by atoms with Gasteiger partial charge in [0.05, 0.1) is 5.56 Å². The van der Waals surface area contributed by atoms with Crippen molar-refractivity contribution < 1.29 is 19.5 Å². The molecular formula is C12H13N3O4. The molecule has 0 aliphatic carbocycles. The highest BCUT2D eigenvalue weighted by atomic mass is 16.4. The minimum Gasteiger partial charge on any atom is -0.478 e. The number of hydrogen-bond acceptors (Lipinski definition) is 4. The van der Waals surface area contributed by atoms with Gasteiger partial charge in [-0.25, -0.2) is 4.79 Å². The van der Waals surface area contributed by atoms with Crippen molar-refractivity contribution in [2.24, 2.45) is 5.73 Å². The lowest BCUT2D eigenvalue weighted by molar-refractivity contribution is -0.131. The molecular weight excluding hydrogens is 250 g/mol. The third kappa shape index (κ3) is 4.58. The molecule has 0 fully saturated rings. The van der Waals surface area contributed by atoms with Crippen molar-refractivity contribution in [2.75, 3.05) is 0 Å². The molecule has 0 radical (unpaired) electrons. The van der Waals surface area contributed by atoms with E-state index in [2.05, 4.69) is 10.3 Å². The van der Waals surface area contributed by atoms with Crippen molar-refractivity contribution >= 4 is 23.9 Å². The van der Waals surface area contributed by atoms with E-state index in [4.69, 9.17) is 10.8 Å². The number of aromatic nitrogens is 1. The van der Waals surface area contributed by atoms with Crippen molar-refractivity contribution in [3.05, 3.63) is 35.7 Å². The first kappa shape index (κ1) is 14.4. The molecule has 0 saturated carbocycles. The minimum atomic E-state index is -1.10. The van der Waals surface area contributed by atoms with Gasteiger partial charge in [0.25, 0.3) is 5.91 Å². The predicted molar refractivity (Wildman–Crippen MR) is 67.0 cm³/mol. The van der Waals surface area contributed by atoms with Crippen LogP contribution in [-0.4, -0.2) is 33.9 Å². The Kier molecular flexibility index (Phi) is 4.76. The lowest BCUT2D eigenvalue weighted by Gasteiger charge is -2.09. The van der Waals surface area contributed by atoms with Crippen LogP contribution in [0.5, 0.6) is 0 Å². The van der Waals surface area contributed by atoms with Gasteiger partial charge in [-0.1, -0.05) is 0 Å². The minimum absolute atomic E-state index is 0.209. The Hall–Kier alpha value is -2.70. The van der Waals surface area contributed by atoms with E-state index in [0.29, 0.717) is 5.56 Å². The number of carboxylic acids is 1. The first-order chi connectivity index (χ1) is 8.90. The summed E-state index contributed by atoms with van der Waals surface area (Å²) in [7, 11) is 0. The van der Waals surface area contributed by atoms with Crippen LogP contribution in [0.3, 0.4) is 0 Å². The van der Waals surface area contributed by atoms with Crippen LogP contribution < -0.4 is 11.1 Å². The monoisotopic (exact) mass is 263 g/mol. The molecule has 100 valence electrons. The first-order valence-corrected chi connectivity index (χ1v) is 5.36. The van der Waals surface area contributed by atoms with Crippen LogP contribution in [0, 0.1) is 0 Å². The maximum Gasteiger partial charge on any atom is 0.328 e. The van der Waals surface area contributed by atoms with Gasteiger partial charge in [0.15, 0.2) is 0 Å². The van der Waals surface area contributed by atoms with E-state index in [1.165, 1.54) is 31.5 Å². The Balaban J connectivity index is 2.84. The average Bonchev–Trinajstić information content (AvgIpc) is 2.36. The summed E-state index contributed by atoms with van der Waals surface area (Å²) in [5.74, 6) is -2.26. The van der Waals surface area contributed by atoms with E-state index in [1.807, 2.05) is 0 Å². The van der Waals surface area contributed by atoms with E-state index < -0.39 is 23.8 Å². The van der Waals surface area contributed by atoms with Gasteiger partial charge < -0.3 is 16.2 Å². The lowest BCUT2D eigenvalue weighted by atomic mass is 10.1. The second kappa shape index (κ2) is 6.29. The summed E-state index contributed by atoms with van der Waals surface area (Å²) in [6.07, 6.45) is 4.96. The van der Waals surface area contributed by atoms with Gasteiger partial charge in [-0.15, -0.1) is 0 Å². The van der Waals surface area contributed by atoms with Crippen molar-refractivity contribution in [2.45, 2.75) is 13.0 Å². The highest BCUT2D eigenvalue weighted by molar-refractivity contribution is 5.97. The number of hydrogen-bond donors (Lipinski definition) is 3.